The molecule has 1 rings (SSSR count). The van der Waals surface area contributed by atoms with Crippen LogP contribution in [0.1, 0.15) is 19.4 Å². The number of hydrogen-bond donors (Lipinski definition) is 1. The Morgan fingerprint density at radius 1 is 1.29 bits per heavy atom. The summed E-state index contributed by atoms with van der Waals surface area (Å²) in [5, 5.41) is 0. The van der Waals surface area contributed by atoms with Gasteiger partial charge in [-0.2, -0.15) is 0 Å². The Kier molecular flexibility index (Phi) is 4.42. The molecule has 0 amide bonds. The molecule has 0 spiro atoms. The summed E-state index contributed by atoms with van der Waals surface area (Å²) in [5.74, 6) is 0. The Morgan fingerprint density at radius 3 is 2.43 bits per heavy atom. The molecule has 0 aliphatic heterocycles. The molecule has 0 aliphatic carbocycles. The third-order valence-electron chi connectivity index (χ3n) is 2.36. The lowest BCUT2D eigenvalue weighted by atomic mass is 10.2. The fourth-order valence-corrected chi connectivity index (χ4v) is 1.64. The average molecular weight is 257 g/mol. The van der Waals surface area contributed by atoms with Crippen LogP contribution in [-0.4, -0.2) is 18.0 Å². The number of rotatable bonds is 4. The number of hydrogen-bond acceptors (Lipinski definition) is 2. The van der Waals surface area contributed by atoms with E-state index in [1.54, 1.807) is 0 Å². The first-order valence-corrected chi connectivity index (χ1v) is 5.73. The van der Waals surface area contributed by atoms with Gasteiger partial charge >= 0.3 is 0 Å². The molecule has 0 aromatic heterocycles. The smallest absolute Gasteiger partial charge is 0.0461 e. The van der Waals surface area contributed by atoms with Gasteiger partial charge in [0.25, 0.3) is 0 Å². The second-order valence-corrected chi connectivity index (χ2v) is 4.17. The lowest BCUT2D eigenvalue weighted by Crippen LogP contribution is -2.22. The minimum atomic E-state index is 0.814. The van der Waals surface area contributed by atoms with Gasteiger partial charge in [-0.15, -0.1) is 0 Å². The van der Waals surface area contributed by atoms with E-state index in [2.05, 4.69) is 40.7 Å². The van der Waals surface area contributed by atoms with E-state index >= 15 is 0 Å². The molecule has 3 heteroatoms. The SMILES string of the molecule is CCN(CC)Cc1ccc(Br)c(N)c1. The van der Waals surface area contributed by atoms with Crippen molar-refractivity contribution in [1.29, 1.82) is 0 Å². The van der Waals surface area contributed by atoms with E-state index in [4.69, 9.17) is 5.73 Å². The normalized spacial score (nSPS) is 10.9. The summed E-state index contributed by atoms with van der Waals surface area (Å²) < 4.78 is 0.973. The van der Waals surface area contributed by atoms with Gasteiger partial charge in [0.2, 0.25) is 0 Å². The van der Waals surface area contributed by atoms with Gasteiger partial charge in [0.1, 0.15) is 0 Å². The van der Waals surface area contributed by atoms with Crippen molar-refractivity contribution in [3.05, 3.63) is 28.2 Å². The number of benzene rings is 1. The van der Waals surface area contributed by atoms with Crippen molar-refractivity contribution in [2.24, 2.45) is 0 Å². The van der Waals surface area contributed by atoms with Gasteiger partial charge < -0.3 is 5.73 Å². The Balaban J connectivity index is 2.72. The molecular formula is C11H17BrN2. The second kappa shape index (κ2) is 5.37. The van der Waals surface area contributed by atoms with Gasteiger partial charge in [0, 0.05) is 16.7 Å². The van der Waals surface area contributed by atoms with E-state index in [-0.39, 0.29) is 0 Å². The molecule has 1 aromatic rings. The fraction of sp³-hybridized carbons (Fsp3) is 0.455. The van der Waals surface area contributed by atoms with Gasteiger partial charge in [-0.05, 0) is 46.7 Å². The number of nitrogens with two attached hydrogens (primary N) is 1. The first-order valence-electron chi connectivity index (χ1n) is 4.93. The number of anilines is 1. The molecule has 2 N–H and O–H groups in total. The maximum atomic E-state index is 5.81. The monoisotopic (exact) mass is 256 g/mol. The fourth-order valence-electron chi connectivity index (χ4n) is 1.40. The van der Waals surface area contributed by atoms with Crippen LogP contribution in [0.25, 0.3) is 0 Å². The average Bonchev–Trinajstić information content (AvgIpc) is 2.19. The van der Waals surface area contributed by atoms with Crippen molar-refractivity contribution >= 4 is 21.6 Å². The molecule has 0 aliphatic rings. The highest BCUT2D eigenvalue weighted by Gasteiger charge is 2.02. The maximum Gasteiger partial charge on any atom is 0.0461 e. The van der Waals surface area contributed by atoms with Crippen molar-refractivity contribution in [3.8, 4) is 0 Å². The Hall–Kier alpha value is -0.540. The van der Waals surface area contributed by atoms with E-state index < -0.39 is 0 Å². The molecular weight excluding hydrogens is 240 g/mol. The summed E-state index contributed by atoms with van der Waals surface area (Å²) >= 11 is 3.39. The molecule has 0 radical (unpaired) electrons. The molecule has 0 saturated carbocycles. The van der Waals surface area contributed by atoms with E-state index in [1.807, 2.05) is 12.1 Å². The Morgan fingerprint density at radius 2 is 1.93 bits per heavy atom. The molecule has 14 heavy (non-hydrogen) atoms. The highest BCUT2D eigenvalue weighted by atomic mass is 79.9. The molecule has 78 valence electrons. The third kappa shape index (κ3) is 3.00. The molecule has 0 saturated heterocycles. The van der Waals surface area contributed by atoms with Crippen molar-refractivity contribution in [2.75, 3.05) is 18.8 Å². The van der Waals surface area contributed by atoms with Crippen LogP contribution >= 0.6 is 15.9 Å². The van der Waals surface area contributed by atoms with E-state index in [0.29, 0.717) is 0 Å². The zero-order valence-electron chi connectivity index (χ0n) is 8.76. The lowest BCUT2D eigenvalue weighted by molar-refractivity contribution is 0.296. The first kappa shape index (κ1) is 11.5. The molecule has 0 heterocycles. The van der Waals surface area contributed by atoms with Crippen LogP contribution in [0, 0.1) is 0 Å². The van der Waals surface area contributed by atoms with Crippen LogP contribution in [0.2, 0.25) is 0 Å². The predicted molar refractivity (Wildman–Crippen MR) is 65.2 cm³/mol. The maximum absolute atomic E-state index is 5.81. The highest BCUT2D eigenvalue weighted by molar-refractivity contribution is 9.10. The van der Waals surface area contributed by atoms with Crippen LogP contribution in [0.15, 0.2) is 22.7 Å². The zero-order chi connectivity index (χ0) is 10.6. The summed E-state index contributed by atoms with van der Waals surface area (Å²) in [4.78, 5) is 2.36. The largest absolute Gasteiger partial charge is 0.398 e. The standard InChI is InChI=1S/C11H17BrN2/c1-3-14(4-2)8-9-5-6-10(12)11(13)7-9/h5-7H,3-4,8,13H2,1-2H3. The number of nitrogens with zero attached hydrogens (tertiary/aromatic N) is 1. The third-order valence-corrected chi connectivity index (χ3v) is 3.08. The van der Waals surface area contributed by atoms with Crippen LogP contribution in [-0.2, 0) is 6.54 Å². The van der Waals surface area contributed by atoms with Crippen LogP contribution in [0.5, 0.6) is 0 Å². The van der Waals surface area contributed by atoms with Crippen LogP contribution in [0.3, 0.4) is 0 Å². The quantitative estimate of drug-likeness (QED) is 0.840. The van der Waals surface area contributed by atoms with Gasteiger partial charge in [-0.1, -0.05) is 19.9 Å². The van der Waals surface area contributed by atoms with E-state index in [1.165, 1.54) is 5.56 Å². The van der Waals surface area contributed by atoms with Gasteiger partial charge in [0.05, 0.1) is 0 Å². The minimum absolute atomic E-state index is 0.814. The van der Waals surface area contributed by atoms with Crippen LogP contribution in [0.4, 0.5) is 5.69 Å². The van der Waals surface area contributed by atoms with Crippen molar-refractivity contribution in [2.45, 2.75) is 20.4 Å². The predicted octanol–water partition coefficient (Wildman–Crippen LogP) is 2.87. The van der Waals surface area contributed by atoms with E-state index in [0.717, 1.165) is 29.8 Å². The summed E-state index contributed by atoms with van der Waals surface area (Å²) in [6.07, 6.45) is 0. The van der Waals surface area contributed by atoms with Crippen LogP contribution < -0.4 is 5.73 Å². The number of nitrogen functional groups attached to an aromatic ring is 1. The minimum Gasteiger partial charge on any atom is -0.398 e. The molecule has 2 nitrogen and oxygen atoms in total. The molecule has 0 atom stereocenters. The Labute approximate surface area is 94.2 Å². The lowest BCUT2D eigenvalue weighted by Gasteiger charge is -2.18. The Bertz CT molecular complexity index is 295. The highest BCUT2D eigenvalue weighted by Crippen LogP contribution is 2.20. The van der Waals surface area contributed by atoms with Crippen molar-refractivity contribution in [3.63, 3.8) is 0 Å². The summed E-state index contributed by atoms with van der Waals surface area (Å²) in [6.45, 7) is 7.47. The summed E-state index contributed by atoms with van der Waals surface area (Å²) in [6, 6.07) is 6.15. The first-order chi connectivity index (χ1) is 6.67. The summed E-state index contributed by atoms with van der Waals surface area (Å²) in [7, 11) is 0. The van der Waals surface area contributed by atoms with E-state index in [9.17, 15) is 0 Å². The van der Waals surface area contributed by atoms with Crippen molar-refractivity contribution in [1.82, 2.24) is 4.90 Å². The number of halogens is 1. The van der Waals surface area contributed by atoms with Crippen molar-refractivity contribution < 1.29 is 0 Å². The molecule has 1 aromatic carbocycles. The summed E-state index contributed by atoms with van der Waals surface area (Å²) in [5.41, 5.74) is 7.90. The zero-order valence-corrected chi connectivity index (χ0v) is 10.3. The molecule has 0 bridgehead atoms. The van der Waals surface area contributed by atoms with Gasteiger partial charge in [-0.3, -0.25) is 4.90 Å². The topological polar surface area (TPSA) is 29.3 Å². The van der Waals surface area contributed by atoms with Gasteiger partial charge in [0.15, 0.2) is 0 Å². The molecule has 0 unspecified atom stereocenters. The molecule has 0 fully saturated rings. The van der Waals surface area contributed by atoms with Gasteiger partial charge in [-0.25, -0.2) is 0 Å². The second-order valence-electron chi connectivity index (χ2n) is 3.32.